The molecule has 2 unspecified atom stereocenters. The molecule has 374 valence electrons. The highest BCUT2D eigenvalue weighted by molar-refractivity contribution is 7.08. The second kappa shape index (κ2) is 17.9. The van der Waals surface area contributed by atoms with Crippen molar-refractivity contribution in [3.05, 3.63) is 143 Å². The second-order valence-corrected chi connectivity index (χ2v) is 20.7. The summed E-state index contributed by atoms with van der Waals surface area (Å²) >= 11 is 0. The van der Waals surface area contributed by atoms with Gasteiger partial charge in [-0.2, -0.15) is 0 Å². The maximum Gasteiger partial charge on any atom is 0.287 e. The molecule has 3 aliphatic carbocycles. The SMILES string of the molecule is CC1=C(C)C(C)C(C)=C1C/C1=C(\C(=O)O[B-](c2c(F)c(F)c(F)c(F)c2F)(c2c(F)c(F)c(F)c(F)c2F)c2c(F)c(F)c(F)c(F)c2F)[C@@H](C(C)(C)C)CC2C(C)=C(C)C(C)=C2C[C@@H]1C(C)(C)C. The summed E-state index contributed by atoms with van der Waals surface area (Å²) in [6.45, 7) is 23.1. The lowest BCUT2D eigenvalue weighted by Crippen LogP contribution is -2.75. The molecule has 2 nitrogen and oxygen atoms in total. The Hall–Kier alpha value is -5.16. The summed E-state index contributed by atoms with van der Waals surface area (Å²) in [5, 5.41) is 0. The van der Waals surface area contributed by atoms with Gasteiger partial charge in [0.1, 0.15) is 34.9 Å². The molecule has 3 aliphatic rings. The van der Waals surface area contributed by atoms with E-state index in [0.29, 0.717) is 5.57 Å². The number of halogens is 15. The average molecular weight is 990 g/mol. The fraction of sp³-hybridized carbons (Fsp3) is 0.431. The van der Waals surface area contributed by atoms with Gasteiger partial charge in [0.2, 0.25) is 0 Å². The lowest BCUT2D eigenvalue weighted by atomic mass is 9.27. The minimum absolute atomic E-state index is 0.0694. The molecule has 4 atom stereocenters. The van der Waals surface area contributed by atoms with E-state index in [9.17, 15) is 13.2 Å². The molecule has 0 bridgehead atoms. The second-order valence-electron chi connectivity index (χ2n) is 20.7. The maximum absolute atomic E-state index is 16.7. The van der Waals surface area contributed by atoms with Crippen molar-refractivity contribution in [1.82, 2.24) is 0 Å². The minimum atomic E-state index is -6.65. The summed E-state index contributed by atoms with van der Waals surface area (Å²) in [7, 11) is 0. The summed E-state index contributed by atoms with van der Waals surface area (Å²) < 4.78 is 244. The molecule has 0 aliphatic heterocycles. The van der Waals surface area contributed by atoms with Crippen molar-refractivity contribution in [2.75, 3.05) is 0 Å². The number of hydrogen-bond acceptors (Lipinski definition) is 2. The Morgan fingerprint density at radius 1 is 0.493 bits per heavy atom. The molecule has 0 N–H and O–H groups in total. The lowest BCUT2D eigenvalue weighted by Gasteiger charge is -2.47. The third-order valence-corrected chi connectivity index (χ3v) is 15.3. The van der Waals surface area contributed by atoms with Gasteiger partial charge in [-0.1, -0.05) is 92.7 Å². The van der Waals surface area contributed by atoms with Crippen molar-refractivity contribution < 1.29 is 75.3 Å². The van der Waals surface area contributed by atoms with E-state index < -0.39 is 150 Å². The normalized spacial score (nSPS) is 21.8. The van der Waals surface area contributed by atoms with Crippen LogP contribution in [0.1, 0.15) is 109 Å². The molecule has 3 aromatic rings. The van der Waals surface area contributed by atoms with Gasteiger partial charge in [0.15, 0.2) is 52.4 Å². The molecule has 3 aromatic carbocycles. The standard InChI is InChI=1S/C51H49BF15O2/c1-17-18(2)21(5)24(20(17)4)14-27-28(50(8,9)10)15-25-22(6)19(3)23(7)26(25)16-29(51(11,12)13)30(27)49(68)69-52(31-34(53)40(59)46(65)41(60)35(31)54,32-36(55)42(61)47(66)43(62)37(32)56)33-38(57)44(63)48(67)45(64)39(33)58/h17,26,28-29H,14-16H2,1-13H3/q-1/b30-27+/t17?,26?,28-,29-/m0/s1. The van der Waals surface area contributed by atoms with Crippen LogP contribution >= 0.6 is 0 Å². The van der Waals surface area contributed by atoms with Crippen LogP contribution in [0.15, 0.2) is 55.7 Å². The van der Waals surface area contributed by atoms with Gasteiger partial charge in [0.25, 0.3) is 12.3 Å². The van der Waals surface area contributed by atoms with Crippen LogP contribution in [-0.4, -0.2) is 12.3 Å². The van der Waals surface area contributed by atoms with Crippen molar-refractivity contribution in [2.45, 2.75) is 109 Å². The van der Waals surface area contributed by atoms with Gasteiger partial charge in [-0.15, -0.1) is 0 Å². The van der Waals surface area contributed by atoms with E-state index in [4.69, 9.17) is 4.65 Å². The molecule has 0 aromatic heterocycles. The number of rotatable bonds is 7. The van der Waals surface area contributed by atoms with Crippen LogP contribution in [-0.2, 0) is 9.45 Å². The Morgan fingerprint density at radius 3 is 1.16 bits per heavy atom. The molecule has 0 spiro atoms. The Labute approximate surface area is 390 Å². The topological polar surface area (TPSA) is 26.3 Å². The molecule has 18 heteroatoms. The zero-order chi connectivity index (χ0) is 52.4. The number of benzene rings is 3. The van der Waals surface area contributed by atoms with Crippen molar-refractivity contribution in [1.29, 1.82) is 0 Å². The predicted octanol–water partition coefficient (Wildman–Crippen LogP) is 13.7. The van der Waals surface area contributed by atoms with Gasteiger partial charge in [-0.25, -0.2) is 65.9 Å². The van der Waals surface area contributed by atoms with E-state index in [-0.39, 0.29) is 30.8 Å². The van der Waals surface area contributed by atoms with E-state index in [1.807, 2.05) is 34.6 Å². The van der Waals surface area contributed by atoms with E-state index in [1.165, 1.54) is 0 Å². The van der Waals surface area contributed by atoms with Crippen molar-refractivity contribution in [3.63, 3.8) is 0 Å². The summed E-state index contributed by atoms with van der Waals surface area (Å²) in [6, 6.07) is 0. The zero-order valence-electron chi connectivity index (χ0n) is 40.0. The van der Waals surface area contributed by atoms with Gasteiger partial charge in [-0.05, 0) is 112 Å². The first kappa shape index (κ1) is 53.2. The highest BCUT2D eigenvalue weighted by atomic mass is 19.2. The van der Waals surface area contributed by atoms with E-state index in [1.54, 1.807) is 55.4 Å². The van der Waals surface area contributed by atoms with Crippen LogP contribution in [0.3, 0.4) is 0 Å². The molecule has 0 amide bonds. The fourth-order valence-electron chi connectivity index (χ4n) is 10.8. The molecule has 0 heterocycles. The van der Waals surface area contributed by atoms with Crippen molar-refractivity contribution in [3.8, 4) is 0 Å². The van der Waals surface area contributed by atoms with Crippen LogP contribution in [0.4, 0.5) is 65.9 Å². The summed E-state index contributed by atoms with van der Waals surface area (Å²) in [6.07, 6.45) is -6.77. The highest BCUT2D eigenvalue weighted by Gasteiger charge is 2.54. The quantitative estimate of drug-likeness (QED) is 0.102. The van der Waals surface area contributed by atoms with Crippen molar-refractivity contribution in [2.24, 2.45) is 34.5 Å². The van der Waals surface area contributed by atoms with Crippen molar-refractivity contribution >= 4 is 28.7 Å². The van der Waals surface area contributed by atoms with E-state index in [0.717, 1.165) is 39.0 Å². The summed E-state index contributed by atoms with van der Waals surface area (Å²) in [4.78, 5) is 16.0. The maximum atomic E-state index is 16.7. The van der Waals surface area contributed by atoms with Gasteiger partial charge >= 0.3 is 0 Å². The molecular weight excluding hydrogens is 940 g/mol. The largest absolute Gasteiger partial charge is 0.672 e. The first-order valence-electron chi connectivity index (χ1n) is 22.0. The summed E-state index contributed by atoms with van der Waals surface area (Å²) in [5.74, 6) is -52.9. The van der Waals surface area contributed by atoms with Crippen LogP contribution in [0, 0.1) is 122 Å². The van der Waals surface area contributed by atoms with Gasteiger partial charge in [-0.3, -0.25) is 4.79 Å². The Morgan fingerprint density at radius 2 is 0.841 bits per heavy atom. The predicted molar refractivity (Wildman–Crippen MR) is 231 cm³/mol. The zero-order valence-corrected chi connectivity index (χ0v) is 40.0. The molecule has 69 heavy (non-hydrogen) atoms. The highest BCUT2D eigenvalue weighted by Crippen LogP contribution is 2.56. The fourth-order valence-corrected chi connectivity index (χ4v) is 10.8. The van der Waals surface area contributed by atoms with Crippen LogP contribution < -0.4 is 16.4 Å². The van der Waals surface area contributed by atoms with Gasteiger partial charge < -0.3 is 4.65 Å². The molecule has 0 saturated heterocycles. The minimum Gasteiger partial charge on any atom is -0.672 e. The van der Waals surface area contributed by atoms with Gasteiger partial charge in [0.05, 0.1) is 0 Å². The van der Waals surface area contributed by atoms with E-state index >= 15 is 57.5 Å². The molecular formula is C51H49BF15O2-. The third-order valence-electron chi connectivity index (χ3n) is 15.3. The smallest absolute Gasteiger partial charge is 0.287 e. The third kappa shape index (κ3) is 8.07. The monoisotopic (exact) mass is 989 g/mol. The Kier molecular flexibility index (Phi) is 13.8. The Balaban J connectivity index is 1.95. The molecule has 6 rings (SSSR count). The summed E-state index contributed by atoms with van der Waals surface area (Å²) in [5.41, 5.74) is -5.03. The van der Waals surface area contributed by atoms with E-state index in [2.05, 4.69) is 0 Å². The molecule has 0 saturated carbocycles. The van der Waals surface area contributed by atoms with Gasteiger partial charge in [0, 0.05) is 11.5 Å². The van der Waals surface area contributed by atoms with Crippen LogP contribution in [0.25, 0.3) is 0 Å². The molecule has 0 radical (unpaired) electrons. The number of carbonyl (C=O) groups is 1. The first-order valence-corrected chi connectivity index (χ1v) is 22.0. The number of carbonyl (C=O) groups excluding carboxylic acids is 1. The molecule has 0 fully saturated rings. The average Bonchev–Trinajstić information content (AvgIpc) is 3.57. The van der Waals surface area contributed by atoms with Crippen LogP contribution in [0.5, 0.6) is 0 Å². The number of allylic oxidation sites excluding steroid dienone is 9. The first-order chi connectivity index (χ1) is 31.6. The number of fused-ring (bicyclic) bond motifs is 1. The Bertz CT molecular complexity index is 2670. The number of hydrogen-bond donors (Lipinski definition) is 0. The van der Waals surface area contributed by atoms with Crippen LogP contribution in [0.2, 0.25) is 0 Å². The lowest BCUT2D eigenvalue weighted by molar-refractivity contribution is -0.132.